The van der Waals surface area contributed by atoms with Gasteiger partial charge in [0.05, 0.1) is 21.4 Å². The van der Waals surface area contributed by atoms with Crippen LogP contribution in [0.4, 0.5) is 23.0 Å². The molecule has 0 saturated heterocycles. The van der Waals surface area contributed by atoms with Crippen LogP contribution in [0, 0.1) is 0 Å². The topological polar surface area (TPSA) is 160 Å². The molecule has 62 heavy (non-hydrogen) atoms. The molecule has 0 aliphatic heterocycles. The molecule has 0 bridgehead atoms. The zero-order valence-corrected chi connectivity index (χ0v) is 36.4. The second-order valence-electron chi connectivity index (χ2n) is 15.0. The van der Waals surface area contributed by atoms with E-state index in [9.17, 15) is 10.2 Å². The molecule has 0 radical (unpaired) electrons. The molecule has 314 valence electrons. The van der Waals surface area contributed by atoms with Gasteiger partial charge in [0, 0.05) is 59.4 Å². The summed E-state index contributed by atoms with van der Waals surface area (Å²) in [6.07, 6.45) is 8.62. The van der Waals surface area contributed by atoms with Crippen LogP contribution < -0.4 is 20.1 Å². The molecule has 0 spiro atoms. The van der Waals surface area contributed by atoms with Gasteiger partial charge in [0.25, 0.3) is 0 Å². The third kappa shape index (κ3) is 10.1. The second kappa shape index (κ2) is 18.6. The number of pyridine rings is 4. The summed E-state index contributed by atoms with van der Waals surface area (Å²) in [5, 5.41) is 33.5. The maximum Gasteiger partial charge on any atom is 0.208 e. The Hall–Kier alpha value is -6.58. The lowest BCUT2D eigenvalue weighted by atomic mass is 9.87. The normalized spacial score (nSPS) is 13.2. The van der Waals surface area contributed by atoms with Gasteiger partial charge < -0.3 is 30.3 Å². The summed E-state index contributed by atoms with van der Waals surface area (Å²) < 4.78 is 12.7. The predicted octanol–water partition coefficient (Wildman–Crippen LogP) is 11.6. The van der Waals surface area contributed by atoms with Crippen LogP contribution in [0.5, 0.6) is 21.6 Å². The van der Waals surface area contributed by atoms with E-state index >= 15 is 0 Å². The predicted molar refractivity (Wildman–Crippen MR) is 246 cm³/mol. The first-order chi connectivity index (χ1) is 30.0. The average Bonchev–Trinajstić information content (AvgIpc) is 3.90. The summed E-state index contributed by atoms with van der Waals surface area (Å²) in [4.78, 5) is 27.6. The molecule has 2 atom stereocenters. The van der Waals surface area contributed by atoms with Gasteiger partial charge in [-0.15, -0.1) is 0 Å². The lowest BCUT2D eigenvalue weighted by Crippen LogP contribution is -2.29. The number of nitrogens with one attached hydrogen (secondary N) is 2. The van der Waals surface area contributed by atoms with Crippen molar-refractivity contribution in [3.8, 4) is 44.1 Å². The molecule has 14 heteroatoms. The van der Waals surface area contributed by atoms with Gasteiger partial charge in [-0.05, 0) is 75.9 Å². The van der Waals surface area contributed by atoms with Crippen LogP contribution in [0.15, 0.2) is 134 Å². The van der Waals surface area contributed by atoms with E-state index in [0.29, 0.717) is 56.0 Å². The van der Waals surface area contributed by atoms with Gasteiger partial charge in [-0.1, -0.05) is 97.2 Å². The lowest BCUT2D eigenvalue weighted by molar-refractivity contribution is -0.0119. The highest BCUT2D eigenvalue weighted by molar-refractivity contribution is 7.14. The van der Waals surface area contributed by atoms with Crippen molar-refractivity contribution in [2.75, 3.05) is 10.6 Å². The molecular weight excluding hydrogens is 817 g/mol. The Morgan fingerprint density at radius 2 is 0.935 bits per heavy atom. The van der Waals surface area contributed by atoms with Crippen LogP contribution >= 0.6 is 22.7 Å². The molecular formula is C48H46N8O4S2. The zero-order valence-electron chi connectivity index (χ0n) is 34.7. The van der Waals surface area contributed by atoms with Crippen molar-refractivity contribution in [3.05, 3.63) is 155 Å². The largest absolute Gasteiger partial charge is 0.444 e. The first-order valence-corrected chi connectivity index (χ1v) is 22.0. The third-order valence-electron chi connectivity index (χ3n) is 10.1. The van der Waals surface area contributed by atoms with E-state index in [1.54, 1.807) is 75.0 Å². The Morgan fingerprint density at radius 1 is 0.532 bits per heavy atom. The highest BCUT2D eigenvalue weighted by Crippen LogP contribution is 2.41. The van der Waals surface area contributed by atoms with Crippen LogP contribution in [0.2, 0.25) is 0 Å². The molecule has 0 fully saturated rings. The number of aromatic nitrogens is 6. The minimum Gasteiger partial charge on any atom is -0.444 e. The Labute approximate surface area is 368 Å². The Morgan fingerprint density at radius 3 is 1.34 bits per heavy atom. The summed E-state index contributed by atoms with van der Waals surface area (Å²) in [7, 11) is 0. The van der Waals surface area contributed by atoms with E-state index in [1.807, 2.05) is 72.8 Å². The standard InChI is InChI=1S/C48H46N8O4S2/c1-5-41-55-43(31-13-9-7-10-14-31)45(61-41)59-35-19-25-51-39(29-35)53-33-17-23-49-37(27-33)47(3,57)21-22-48(4,58)38-28-34(18-24-50-38)54-40-30-36(20-26-52-40)60-46-44(56-42(6-2)62-46)32-15-11-8-12-16-32/h7-20,23-30,57-58H,5-6,21-22H2,1-4H3,(H,49,51,53)(H,50,52,54). The highest BCUT2D eigenvalue weighted by atomic mass is 32.1. The SMILES string of the molecule is CCc1nc(-c2ccccc2)c(Oc2ccnc(Nc3ccnc(C(C)(O)CCC(C)(O)c4cc(Nc5cc(Oc6sc(CC)nc6-c6ccccc6)ccn5)ccn4)c3)c2)s1. The molecule has 8 aromatic rings. The van der Waals surface area contributed by atoms with E-state index < -0.39 is 11.2 Å². The highest BCUT2D eigenvalue weighted by Gasteiger charge is 2.32. The Kier molecular flexibility index (Phi) is 12.6. The number of hydrogen-bond donors (Lipinski definition) is 4. The van der Waals surface area contributed by atoms with Gasteiger partial charge in [0.2, 0.25) is 10.1 Å². The quantitative estimate of drug-likeness (QED) is 0.0687. The molecule has 2 aromatic carbocycles. The summed E-state index contributed by atoms with van der Waals surface area (Å²) in [6, 6.07) is 34.4. The number of rotatable bonds is 17. The molecule has 2 unspecified atom stereocenters. The van der Waals surface area contributed by atoms with Crippen molar-refractivity contribution in [1.29, 1.82) is 0 Å². The number of hydrogen-bond acceptors (Lipinski definition) is 14. The van der Waals surface area contributed by atoms with Crippen molar-refractivity contribution < 1.29 is 19.7 Å². The van der Waals surface area contributed by atoms with E-state index in [-0.39, 0.29) is 12.8 Å². The summed E-state index contributed by atoms with van der Waals surface area (Å²) in [6.45, 7) is 7.53. The number of thiazole rings is 2. The first kappa shape index (κ1) is 42.1. The third-order valence-corrected chi connectivity index (χ3v) is 12.3. The van der Waals surface area contributed by atoms with Gasteiger partial charge in [-0.3, -0.25) is 9.97 Å². The summed E-state index contributed by atoms with van der Waals surface area (Å²) in [5.74, 6) is 2.33. The maximum absolute atomic E-state index is 11.7. The van der Waals surface area contributed by atoms with E-state index in [4.69, 9.17) is 19.4 Å². The van der Waals surface area contributed by atoms with Gasteiger partial charge in [-0.2, -0.15) is 0 Å². The number of benzene rings is 2. The van der Waals surface area contributed by atoms with Crippen molar-refractivity contribution in [3.63, 3.8) is 0 Å². The van der Waals surface area contributed by atoms with Crippen molar-refractivity contribution >= 4 is 45.7 Å². The molecule has 6 aromatic heterocycles. The zero-order chi connectivity index (χ0) is 43.1. The molecule has 0 saturated carbocycles. The number of ether oxygens (including phenoxy) is 2. The Balaban J connectivity index is 0.909. The van der Waals surface area contributed by atoms with Crippen LogP contribution in [0.1, 0.15) is 61.9 Å². The van der Waals surface area contributed by atoms with Crippen LogP contribution in [-0.4, -0.2) is 40.1 Å². The van der Waals surface area contributed by atoms with Crippen molar-refractivity contribution in [1.82, 2.24) is 29.9 Å². The summed E-state index contributed by atoms with van der Waals surface area (Å²) >= 11 is 3.05. The van der Waals surface area contributed by atoms with Crippen LogP contribution in [0.25, 0.3) is 22.5 Å². The lowest BCUT2D eigenvalue weighted by Gasteiger charge is -2.29. The molecule has 12 nitrogen and oxygen atoms in total. The van der Waals surface area contributed by atoms with E-state index in [0.717, 1.165) is 45.4 Å². The fourth-order valence-corrected chi connectivity index (χ4v) is 8.43. The van der Waals surface area contributed by atoms with Crippen molar-refractivity contribution in [2.45, 2.75) is 64.6 Å². The Bertz CT molecular complexity index is 2570. The number of aryl methyl sites for hydroxylation is 2. The number of nitrogens with zero attached hydrogens (tertiary/aromatic N) is 6. The molecule has 4 N–H and O–H groups in total. The molecule has 0 amide bonds. The monoisotopic (exact) mass is 862 g/mol. The fraction of sp³-hybridized carbons (Fsp3) is 0.208. The molecule has 8 rings (SSSR count). The maximum atomic E-state index is 11.7. The first-order valence-electron chi connectivity index (χ1n) is 20.3. The minimum atomic E-state index is -1.38. The van der Waals surface area contributed by atoms with Crippen LogP contribution in [0.3, 0.4) is 0 Å². The van der Waals surface area contributed by atoms with E-state index in [1.165, 1.54) is 22.7 Å². The van der Waals surface area contributed by atoms with Gasteiger partial charge >= 0.3 is 0 Å². The average molecular weight is 863 g/mol. The minimum absolute atomic E-state index is 0.193. The van der Waals surface area contributed by atoms with Crippen molar-refractivity contribution in [2.24, 2.45) is 0 Å². The van der Waals surface area contributed by atoms with E-state index in [2.05, 4.69) is 44.4 Å². The smallest absolute Gasteiger partial charge is 0.208 e. The van der Waals surface area contributed by atoms with Gasteiger partial charge in [-0.25, -0.2) is 19.9 Å². The second-order valence-corrected chi connectivity index (χ2v) is 17.1. The molecule has 0 aliphatic rings. The molecule has 6 heterocycles. The van der Waals surface area contributed by atoms with Gasteiger partial charge in [0.1, 0.15) is 45.7 Å². The number of aliphatic hydroxyl groups is 2. The fourth-order valence-electron chi connectivity index (χ4n) is 6.64. The number of anilines is 4. The molecule has 0 aliphatic carbocycles. The van der Waals surface area contributed by atoms with Gasteiger partial charge in [0.15, 0.2) is 0 Å². The summed E-state index contributed by atoms with van der Waals surface area (Å²) in [5.41, 5.74) is 3.06. The van der Waals surface area contributed by atoms with Crippen LogP contribution in [-0.2, 0) is 24.0 Å².